The lowest BCUT2D eigenvalue weighted by atomic mass is 10.1. The summed E-state index contributed by atoms with van der Waals surface area (Å²) in [4.78, 5) is 28.0. The number of rotatable bonds is 6. The Morgan fingerprint density at radius 3 is 2.62 bits per heavy atom. The zero-order valence-electron chi connectivity index (χ0n) is 16.0. The quantitative estimate of drug-likeness (QED) is 0.221. The molecular formula is C21H12Cl3N3O4S. The smallest absolute Gasteiger partial charge is 0.293 e. The fourth-order valence-electron chi connectivity index (χ4n) is 2.88. The van der Waals surface area contributed by atoms with Gasteiger partial charge in [0.15, 0.2) is 10.9 Å². The van der Waals surface area contributed by atoms with Crippen LogP contribution in [0.5, 0.6) is 0 Å². The van der Waals surface area contributed by atoms with Crippen molar-refractivity contribution in [1.82, 2.24) is 4.98 Å². The van der Waals surface area contributed by atoms with Crippen LogP contribution in [-0.4, -0.2) is 15.8 Å². The molecule has 0 radical (unpaired) electrons. The number of halogens is 3. The Balaban J connectivity index is 1.45. The van der Waals surface area contributed by atoms with Crippen molar-refractivity contribution in [1.29, 1.82) is 0 Å². The van der Waals surface area contributed by atoms with Crippen LogP contribution in [0.25, 0.3) is 11.3 Å². The van der Waals surface area contributed by atoms with Gasteiger partial charge in [-0.25, -0.2) is 4.98 Å². The average molecular weight is 509 g/mol. The minimum absolute atomic E-state index is 0.0481. The van der Waals surface area contributed by atoms with E-state index in [-0.39, 0.29) is 16.5 Å². The third-order valence-corrected chi connectivity index (χ3v) is 6.22. The number of nitro groups is 1. The number of hydrogen-bond donors (Lipinski definition) is 1. The van der Waals surface area contributed by atoms with Crippen molar-refractivity contribution < 1.29 is 14.1 Å². The molecule has 0 aliphatic carbocycles. The number of nitrogens with one attached hydrogen (secondary N) is 1. The van der Waals surface area contributed by atoms with Crippen LogP contribution in [0.3, 0.4) is 0 Å². The van der Waals surface area contributed by atoms with E-state index < -0.39 is 10.8 Å². The molecule has 1 amide bonds. The zero-order chi connectivity index (χ0) is 22.8. The predicted molar refractivity (Wildman–Crippen MR) is 125 cm³/mol. The number of nitro benzene ring substituents is 1. The van der Waals surface area contributed by atoms with E-state index in [2.05, 4.69) is 10.3 Å². The molecule has 7 nitrogen and oxygen atoms in total. The Kier molecular flexibility index (Phi) is 6.48. The number of furan rings is 1. The van der Waals surface area contributed by atoms with Gasteiger partial charge in [0.05, 0.1) is 9.95 Å². The summed E-state index contributed by atoms with van der Waals surface area (Å²) in [6, 6.07) is 12.3. The molecule has 0 spiro atoms. The van der Waals surface area contributed by atoms with Crippen molar-refractivity contribution in [2.24, 2.45) is 0 Å². The summed E-state index contributed by atoms with van der Waals surface area (Å²) in [6.45, 7) is 0. The monoisotopic (exact) mass is 507 g/mol. The molecule has 4 rings (SSSR count). The number of thiazole rings is 1. The van der Waals surface area contributed by atoms with Gasteiger partial charge in [-0.3, -0.25) is 20.2 Å². The molecule has 4 aromatic rings. The van der Waals surface area contributed by atoms with Crippen molar-refractivity contribution >= 4 is 62.9 Å². The van der Waals surface area contributed by atoms with Crippen LogP contribution in [-0.2, 0) is 6.42 Å². The summed E-state index contributed by atoms with van der Waals surface area (Å²) < 4.78 is 5.59. The molecule has 0 saturated carbocycles. The maximum atomic E-state index is 12.5. The molecule has 0 bridgehead atoms. The van der Waals surface area contributed by atoms with Gasteiger partial charge < -0.3 is 4.42 Å². The van der Waals surface area contributed by atoms with Crippen molar-refractivity contribution in [2.45, 2.75) is 6.42 Å². The Morgan fingerprint density at radius 1 is 1.09 bits per heavy atom. The van der Waals surface area contributed by atoms with Crippen LogP contribution in [0.15, 0.2) is 59.1 Å². The Labute approximate surface area is 200 Å². The lowest BCUT2D eigenvalue weighted by Gasteiger charge is -2.02. The Hall–Kier alpha value is -2.91. The van der Waals surface area contributed by atoms with Crippen LogP contribution in [0.1, 0.15) is 21.0 Å². The molecule has 2 heterocycles. The molecule has 0 atom stereocenters. The predicted octanol–water partition coefficient (Wildman–Crippen LogP) is 7.11. The highest BCUT2D eigenvalue weighted by molar-refractivity contribution is 7.15. The van der Waals surface area contributed by atoms with Gasteiger partial charge in [-0.05, 0) is 35.9 Å². The number of hydrogen-bond acceptors (Lipinski definition) is 6. The number of carbonyl (C=O) groups excluding carboxylic acids is 1. The Bertz CT molecular complexity index is 1340. The highest BCUT2D eigenvalue weighted by atomic mass is 35.5. The maximum Gasteiger partial charge on any atom is 0.293 e. The molecule has 0 fully saturated rings. The first-order valence-corrected chi connectivity index (χ1v) is 11.0. The lowest BCUT2D eigenvalue weighted by Crippen LogP contribution is -2.10. The normalized spacial score (nSPS) is 10.8. The van der Waals surface area contributed by atoms with Gasteiger partial charge in [-0.15, -0.1) is 11.3 Å². The molecule has 11 heteroatoms. The van der Waals surface area contributed by atoms with Crippen molar-refractivity contribution in [3.63, 3.8) is 0 Å². The van der Waals surface area contributed by atoms with Crippen molar-refractivity contribution in [2.75, 3.05) is 5.32 Å². The van der Waals surface area contributed by atoms with E-state index in [1.54, 1.807) is 24.4 Å². The molecule has 0 unspecified atom stereocenters. The summed E-state index contributed by atoms with van der Waals surface area (Å²) in [5, 5.41) is 15.2. The van der Waals surface area contributed by atoms with E-state index >= 15 is 0 Å². The van der Waals surface area contributed by atoms with E-state index in [4.69, 9.17) is 39.2 Å². The van der Waals surface area contributed by atoms with E-state index in [1.165, 1.54) is 35.6 Å². The number of benzene rings is 2. The second-order valence-corrected chi connectivity index (χ2v) is 8.95. The molecule has 1 N–H and O–H groups in total. The van der Waals surface area contributed by atoms with Gasteiger partial charge in [0, 0.05) is 45.2 Å². The molecule has 162 valence electrons. The van der Waals surface area contributed by atoms with Gasteiger partial charge in [-0.2, -0.15) is 0 Å². The number of amides is 1. The van der Waals surface area contributed by atoms with Crippen LogP contribution in [0, 0.1) is 10.1 Å². The molecule has 0 aliphatic rings. The third kappa shape index (κ3) is 4.94. The van der Waals surface area contributed by atoms with Crippen LogP contribution in [0.4, 0.5) is 10.8 Å². The fraction of sp³-hybridized carbons (Fsp3) is 0.0476. The van der Waals surface area contributed by atoms with Crippen LogP contribution >= 0.6 is 46.1 Å². The van der Waals surface area contributed by atoms with E-state index in [1.807, 2.05) is 6.07 Å². The van der Waals surface area contributed by atoms with Gasteiger partial charge in [0.25, 0.3) is 11.6 Å². The maximum absolute atomic E-state index is 12.5. The summed E-state index contributed by atoms with van der Waals surface area (Å²) in [5.74, 6) is -0.126. The van der Waals surface area contributed by atoms with E-state index in [0.29, 0.717) is 32.9 Å². The zero-order valence-corrected chi connectivity index (χ0v) is 19.1. The SMILES string of the molecule is O=C(Nc1ncc(Cc2ccc(Cl)cc2Cl)s1)c1ccc(-c2ccc([N+](=O)[O-])cc2Cl)o1. The van der Waals surface area contributed by atoms with E-state index in [0.717, 1.165) is 10.4 Å². The molecule has 32 heavy (non-hydrogen) atoms. The first kappa shape index (κ1) is 22.3. The van der Waals surface area contributed by atoms with Gasteiger partial charge in [0.1, 0.15) is 5.76 Å². The van der Waals surface area contributed by atoms with Crippen molar-refractivity contribution in [3.05, 3.63) is 96.1 Å². The second-order valence-electron chi connectivity index (χ2n) is 6.58. The highest BCUT2D eigenvalue weighted by Crippen LogP contribution is 2.33. The molecule has 0 aliphatic heterocycles. The van der Waals surface area contributed by atoms with Crippen LogP contribution < -0.4 is 5.32 Å². The summed E-state index contributed by atoms with van der Waals surface area (Å²) in [6.07, 6.45) is 2.21. The first-order valence-electron chi connectivity index (χ1n) is 9.04. The number of aromatic nitrogens is 1. The fourth-order valence-corrected chi connectivity index (χ4v) is 4.45. The summed E-state index contributed by atoms with van der Waals surface area (Å²) >= 11 is 19.6. The number of nitrogens with zero attached hydrogens (tertiary/aromatic N) is 2. The largest absolute Gasteiger partial charge is 0.451 e. The number of anilines is 1. The Morgan fingerprint density at radius 2 is 1.91 bits per heavy atom. The minimum atomic E-state index is -0.542. The minimum Gasteiger partial charge on any atom is -0.451 e. The molecule has 0 saturated heterocycles. The van der Waals surface area contributed by atoms with Gasteiger partial charge in [-0.1, -0.05) is 40.9 Å². The van der Waals surface area contributed by atoms with Crippen molar-refractivity contribution in [3.8, 4) is 11.3 Å². The standard InChI is InChI=1S/C21H12Cl3N3O4S/c22-12-2-1-11(16(23)8-12)7-14-10-25-21(32-14)26-20(28)19-6-5-18(31-19)15-4-3-13(27(29)30)9-17(15)24/h1-6,8-10H,7H2,(H,25,26,28). The molecule has 2 aromatic carbocycles. The third-order valence-electron chi connectivity index (χ3n) is 4.41. The van der Waals surface area contributed by atoms with Gasteiger partial charge >= 0.3 is 0 Å². The average Bonchev–Trinajstić information content (AvgIpc) is 3.40. The topological polar surface area (TPSA) is 98.3 Å². The second kappa shape index (κ2) is 9.30. The first-order chi connectivity index (χ1) is 15.3. The lowest BCUT2D eigenvalue weighted by molar-refractivity contribution is -0.384. The molecule has 2 aromatic heterocycles. The summed E-state index contributed by atoms with van der Waals surface area (Å²) in [5.41, 5.74) is 1.20. The number of non-ortho nitro benzene ring substituents is 1. The van der Waals surface area contributed by atoms with E-state index in [9.17, 15) is 14.9 Å². The highest BCUT2D eigenvalue weighted by Gasteiger charge is 2.17. The summed E-state index contributed by atoms with van der Waals surface area (Å²) in [7, 11) is 0. The van der Waals surface area contributed by atoms with Gasteiger partial charge in [0.2, 0.25) is 0 Å². The van der Waals surface area contributed by atoms with Crippen LogP contribution in [0.2, 0.25) is 15.1 Å². The molecular weight excluding hydrogens is 497 g/mol. The number of carbonyl (C=O) groups is 1.